The second kappa shape index (κ2) is 3.41. The lowest BCUT2D eigenvalue weighted by molar-refractivity contribution is -0.109. The molecule has 0 aromatic rings. The standard InChI is InChI=1S/C3H6BBrO/c1-4-3(6)2-5/h4H,2H2,1H3. The molecule has 6 heavy (non-hydrogen) atoms. The van der Waals surface area contributed by atoms with Crippen molar-refractivity contribution >= 4 is 28.9 Å². The Kier molecular flexibility index (Phi) is 3.53. The van der Waals surface area contributed by atoms with Crippen LogP contribution in [0.4, 0.5) is 0 Å². The summed E-state index contributed by atoms with van der Waals surface area (Å²) in [5.74, 6) is 0. The fourth-order valence-corrected chi connectivity index (χ4v) is 0.491. The van der Waals surface area contributed by atoms with Gasteiger partial charge in [0.1, 0.15) is 0 Å². The monoisotopic (exact) mass is 148 g/mol. The quantitative estimate of drug-likeness (QED) is 0.409. The highest BCUT2D eigenvalue weighted by Gasteiger charge is 1.90. The van der Waals surface area contributed by atoms with Crippen LogP contribution < -0.4 is 0 Å². The zero-order valence-corrected chi connectivity index (χ0v) is 5.29. The lowest BCUT2D eigenvalue weighted by Crippen LogP contribution is -2.04. The molecule has 0 unspecified atom stereocenters. The third-order valence-corrected chi connectivity index (χ3v) is 1.17. The van der Waals surface area contributed by atoms with Crippen molar-refractivity contribution in [2.45, 2.75) is 6.82 Å². The summed E-state index contributed by atoms with van der Waals surface area (Å²) in [7, 11) is 0.644. The topological polar surface area (TPSA) is 17.1 Å². The molecule has 0 saturated heterocycles. The molecule has 0 N–H and O–H groups in total. The zero-order valence-electron chi connectivity index (χ0n) is 3.70. The maximum absolute atomic E-state index is 10.1. The molecule has 1 nitrogen and oxygen atoms in total. The summed E-state index contributed by atoms with van der Waals surface area (Å²) in [5, 5.41) is 0.503. The minimum Gasteiger partial charge on any atom is -0.311 e. The highest BCUT2D eigenvalue weighted by atomic mass is 79.9. The summed E-state index contributed by atoms with van der Waals surface area (Å²) >= 11 is 3.03. The van der Waals surface area contributed by atoms with Crippen LogP contribution in [-0.4, -0.2) is 18.3 Å². The molecular weight excluding hydrogens is 143 g/mol. The van der Waals surface area contributed by atoms with Crippen molar-refractivity contribution in [2.24, 2.45) is 0 Å². The van der Waals surface area contributed by atoms with E-state index in [1.807, 2.05) is 6.82 Å². The average Bonchev–Trinajstić information content (AvgIpc) is 1.65. The van der Waals surface area contributed by atoms with Crippen LogP contribution in [0, 0.1) is 0 Å². The first-order valence-corrected chi connectivity index (χ1v) is 3.01. The first-order chi connectivity index (χ1) is 2.81. The molecule has 0 atom stereocenters. The van der Waals surface area contributed by atoms with E-state index in [-0.39, 0.29) is 5.68 Å². The summed E-state index contributed by atoms with van der Waals surface area (Å²) in [6, 6.07) is 0. The number of hydrogen-bond donors (Lipinski definition) is 0. The molecule has 0 fully saturated rings. The number of rotatable bonds is 2. The van der Waals surface area contributed by atoms with Crippen molar-refractivity contribution < 1.29 is 4.79 Å². The van der Waals surface area contributed by atoms with Gasteiger partial charge in [-0.15, -0.1) is 0 Å². The minimum atomic E-state index is 0.259. The van der Waals surface area contributed by atoms with E-state index in [1.165, 1.54) is 0 Å². The highest BCUT2D eigenvalue weighted by Crippen LogP contribution is 1.77. The average molecular weight is 149 g/mol. The predicted molar refractivity (Wildman–Crippen MR) is 31.8 cm³/mol. The van der Waals surface area contributed by atoms with Gasteiger partial charge in [0, 0.05) is 0 Å². The van der Waals surface area contributed by atoms with Gasteiger partial charge >= 0.3 is 0 Å². The molecule has 3 heteroatoms. The smallest absolute Gasteiger partial charge is 0.203 e. The van der Waals surface area contributed by atoms with Gasteiger partial charge in [-0.3, -0.25) is 0 Å². The van der Waals surface area contributed by atoms with Crippen LogP contribution in [0.2, 0.25) is 6.82 Å². The largest absolute Gasteiger partial charge is 0.311 e. The van der Waals surface area contributed by atoms with Crippen molar-refractivity contribution in [2.75, 3.05) is 5.33 Å². The van der Waals surface area contributed by atoms with Crippen molar-refractivity contribution in [3.8, 4) is 0 Å². The Morgan fingerprint density at radius 1 is 2.00 bits per heavy atom. The Labute approximate surface area is 46.5 Å². The van der Waals surface area contributed by atoms with Crippen LogP contribution in [0.5, 0.6) is 0 Å². The summed E-state index contributed by atoms with van der Waals surface area (Å²) in [4.78, 5) is 10.1. The van der Waals surface area contributed by atoms with Crippen LogP contribution in [0.25, 0.3) is 0 Å². The van der Waals surface area contributed by atoms with E-state index in [0.29, 0.717) is 12.6 Å². The second-order valence-electron chi connectivity index (χ2n) is 1.03. The van der Waals surface area contributed by atoms with Crippen molar-refractivity contribution in [1.82, 2.24) is 0 Å². The van der Waals surface area contributed by atoms with E-state index in [0.717, 1.165) is 0 Å². The van der Waals surface area contributed by atoms with E-state index in [9.17, 15) is 4.79 Å². The van der Waals surface area contributed by atoms with Crippen molar-refractivity contribution in [3.63, 3.8) is 0 Å². The first-order valence-electron chi connectivity index (χ1n) is 1.89. The maximum Gasteiger partial charge on any atom is 0.203 e. The molecule has 0 aliphatic heterocycles. The van der Waals surface area contributed by atoms with Crippen LogP contribution in [0.1, 0.15) is 0 Å². The number of carbonyl (C=O) groups excluding carboxylic acids is 1. The molecular formula is C3H6BBrO. The molecule has 0 aromatic carbocycles. The Bertz CT molecular complexity index is 48.8. The van der Waals surface area contributed by atoms with Crippen LogP contribution >= 0.6 is 15.9 Å². The highest BCUT2D eigenvalue weighted by molar-refractivity contribution is 9.09. The Balaban J connectivity index is 2.99. The van der Waals surface area contributed by atoms with Crippen LogP contribution in [0.3, 0.4) is 0 Å². The summed E-state index contributed by atoms with van der Waals surface area (Å²) in [6.45, 7) is 1.85. The SMILES string of the molecule is CBC(=O)CBr. The molecule has 0 aromatic heterocycles. The third kappa shape index (κ3) is 2.45. The van der Waals surface area contributed by atoms with Crippen molar-refractivity contribution in [3.05, 3.63) is 0 Å². The lowest BCUT2D eigenvalue weighted by atomic mass is 9.78. The fourth-order valence-electron chi connectivity index (χ4n) is 0.0945. The van der Waals surface area contributed by atoms with E-state index < -0.39 is 0 Å². The van der Waals surface area contributed by atoms with Gasteiger partial charge in [0.2, 0.25) is 7.28 Å². The summed E-state index contributed by atoms with van der Waals surface area (Å²) < 4.78 is 0. The summed E-state index contributed by atoms with van der Waals surface area (Å²) in [5.41, 5.74) is 0.259. The Morgan fingerprint density at radius 3 is 2.50 bits per heavy atom. The molecule has 34 valence electrons. The molecule has 0 bridgehead atoms. The Morgan fingerprint density at radius 2 is 2.50 bits per heavy atom. The lowest BCUT2D eigenvalue weighted by Gasteiger charge is -1.77. The van der Waals surface area contributed by atoms with E-state index in [1.54, 1.807) is 0 Å². The molecule has 0 aliphatic carbocycles. The predicted octanol–water partition coefficient (Wildman–Crippen LogP) is 0.393. The Hall–Kier alpha value is 0.215. The van der Waals surface area contributed by atoms with E-state index in [4.69, 9.17) is 0 Å². The maximum atomic E-state index is 10.1. The van der Waals surface area contributed by atoms with Gasteiger partial charge in [-0.1, -0.05) is 22.8 Å². The van der Waals surface area contributed by atoms with Crippen LogP contribution in [-0.2, 0) is 4.79 Å². The second-order valence-corrected chi connectivity index (χ2v) is 1.59. The van der Waals surface area contributed by atoms with Crippen LogP contribution in [0.15, 0.2) is 0 Å². The van der Waals surface area contributed by atoms with Gasteiger partial charge in [-0.05, 0) is 0 Å². The number of carbonyl (C=O) groups is 1. The molecule has 0 saturated carbocycles. The minimum absolute atomic E-state index is 0.259. The van der Waals surface area contributed by atoms with Gasteiger partial charge < -0.3 is 4.79 Å². The number of halogens is 1. The molecule has 0 aliphatic rings. The molecule has 0 spiro atoms. The van der Waals surface area contributed by atoms with Gasteiger partial charge in [0.25, 0.3) is 0 Å². The molecule has 0 rings (SSSR count). The normalized spacial score (nSPS) is 7.67. The first kappa shape index (κ1) is 6.21. The third-order valence-electron chi connectivity index (χ3n) is 0.543. The van der Waals surface area contributed by atoms with Gasteiger partial charge in [0.15, 0.2) is 0 Å². The fraction of sp³-hybridized carbons (Fsp3) is 0.667. The van der Waals surface area contributed by atoms with Gasteiger partial charge in [-0.2, -0.15) is 0 Å². The van der Waals surface area contributed by atoms with Gasteiger partial charge in [0.05, 0.1) is 11.0 Å². The van der Waals surface area contributed by atoms with E-state index >= 15 is 0 Å². The molecule has 0 radical (unpaired) electrons. The summed E-state index contributed by atoms with van der Waals surface area (Å²) in [6.07, 6.45) is 0. The zero-order chi connectivity index (χ0) is 4.99. The molecule has 0 amide bonds. The number of alkyl halides is 1. The van der Waals surface area contributed by atoms with Crippen molar-refractivity contribution in [1.29, 1.82) is 0 Å². The number of hydrogen-bond acceptors (Lipinski definition) is 1. The van der Waals surface area contributed by atoms with E-state index in [2.05, 4.69) is 15.9 Å². The molecule has 0 heterocycles. The van der Waals surface area contributed by atoms with Gasteiger partial charge in [-0.25, -0.2) is 0 Å².